The summed E-state index contributed by atoms with van der Waals surface area (Å²) in [6.07, 6.45) is 11.2. The first kappa shape index (κ1) is 49.2. The average molecular weight is 580 g/mol. The number of hydrogen-bond donors (Lipinski definition) is 0. The smallest absolute Gasteiger partial charge is 0.129 e. The molecule has 0 aromatic carbocycles. The van der Waals surface area contributed by atoms with Crippen LogP contribution in [0.4, 0.5) is 0 Å². The van der Waals surface area contributed by atoms with Crippen LogP contribution in [0, 0.1) is 0 Å². The van der Waals surface area contributed by atoms with Crippen molar-refractivity contribution in [1.82, 2.24) is 0 Å². The van der Waals surface area contributed by atoms with Crippen LogP contribution < -0.4 is 0 Å². The van der Waals surface area contributed by atoms with Gasteiger partial charge in [0.05, 0.1) is 5.34 Å². The number of ketones is 4. The van der Waals surface area contributed by atoms with Crippen molar-refractivity contribution in [1.29, 1.82) is 0 Å². The predicted molar refractivity (Wildman–Crippen MR) is 157 cm³/mol. The predicted octanol–water partition coefficient (Wildman–Crippen LogP) is 8.88. The summed E-state index contributed by atoms with van der Waals surface area (Å²) in [6.45, 7) is 12.9. The van der Waals surface area contributed by atoms with Gasteiger partial charge >= 0.3 is 0 Å². The van der Waals surface area contributed by atoms with Gasteiger partial charge in [0, 0.05) is 6.42 Å². The van der Waals surface area contributed by atoms with E-state index in [4.69, 9.17) is 23.2 Å². The molecule has 0 saturated heterocycles. The molecule has 0 unspecified atom stereocenters. The third kappa shape index (κ3) is 407. The van der Waals surface area contributed by atoms with Crippen LogP contribution in [0.1, 0.15) is 74.7 Å². The maximum atomic E-state index is 10.2. The van der Waals surface area contributed by atoms with E-state index in [0.29, 0.717) is 5.78 Å². The van der Waals surface area contributed by atoms with Crippen LogP contribution in [0.5, 0.6) is 0 Å². The van der Waals surface area contributed by atoms with E-state index in [1.165, 1.54) is 41.5 Å². The summed E-state index contributed by atoms with van der Waals surface area (Å²) >= 11 is 9.53. The van der Waals surface area contributed by atoms with Crippen LogP contribution in [-0.2, 0) is 19.2 Å². The lowest BCUT2D eigenvalue weighted by Gasteiger charge is -1.86. The zero-order chi connectivity index (χ0) is 26.7. The van der Waals surface area contributed by atoms with E-state index in [9.17, 15) is 19.2 Å². The van der Waals surface area contributed by atoms with Gasteiger partial charge in [-0.2, -0.15) is 0 Å². The van der Waals surface area contributed by atoms with E-state index in [-0.39, 0.29) is 22.7 Å². The van der Waals surface area contributed by atoms with Crippen molar-refractivity contribution in [3.8, 4) is 0 Å². The molecule has 0 aliphatic carbocycles. The maximum absolute atomic E-state index is 10.2. The van der Waals surface area contributed by atoms with Gasteiger partial charge in [-0.25, -0.2) is 0 Å². The first-order chi connectivity index (χ1) is 14.2. The molecule has 0 bridgehead atoms. The molecule has 11 heteroatoms. The van der Waals surface area contributed by atoms with Gasteiger partial charge in [-0.15, -0.1) is 23.2 Å². The Morgan fingerprint density at radius 3 is 0.871 bits per heavy atom. The second-order valence-corrected chi connectivity index (χ2v) is 13.3. The van der Waals surface area contributed by atoms with Crippen molar-refractivity contribution < 1.29 is 19.2 Å². The Morgan fingerprint density at radius 2 is 0.839 bits per heavy atom. The Labute approximate surface area is 222 Å². The standard InChI is InChI=1S/C6H12O.3C3H6O.C2H6S3.C2H6S2.CH2Cl2/c1-3-4-5-6(2)7;3*1-3(2)4;1-3-5-4-2;1-3-4-2;2-1-3/h3-5H2,1-2H3;3*1-2H3;1-2H3;1-2H3;1H2. The Hall–Kier alpha value is 1.01. The topological polar surface area (TPSA) is 68.3 Å². The zero-order valence-electron chi connectivity index (χ0n) is 21.3. The van der Waals surface area contributed by atoms with Crippen molar-refractivity contribution >= 4 is 99.3 Å². The monoisotopic (exact) mass is 578 g/mol. The Kier molecular flexibility index (Phi) is 91.5. The highest BCUT2D eigenvalue weighted by Gasteiger charge is 1.87. The largest absolute Gasteiger partial charge is 0.300 e. The molecule has 0 heterocycles. The van der Waals surface area contributed by atoms with Gasteiger partial charge in [0.2, 0.25) is 0 Å². The zero-order valence-corrected chi connectivity index (χ0v) is 26.9. The summed E-state index contributed by atoms with van der Waals surface area (Å²) in [5, 5.41) is 0.194. The van der Waals surface area contributed by atoms with Crippen LogP contribution in [0.2, 0.25) is 0 Å². The van der Waals surface area contributed by atoms with Crippen molar-refractivity contribution in [3.63, 3.8) is 0 Å². The quantitative estimate of drug-likeness (QED) is 0.227. The van der Waals surface area contributed by atoms with Crippen molar-refractivity contribution in [2.75, 3.05) is 30.4 Å². The second kappa shape index (κ2) is 57.6. The van der Waals surface area contributed by atoms with Gasteiger partial charge in [-0.3, -0.25) is 0 Å². The highest BCUT2D eigenvalue weighted by atomic mass is 35.5. The molecular formula is C20H44Cl2O4S5. The number of carbonyl (C=O) groups is 4. The molecule has 4 nitrogen and oxygen atoms in total. The van der Waals surface area contributed by atoms with E-state index < -0.39 is 0 Å². The van der Waals surface area contributed by atoms with Crippen LogP contribution in [0.3, 0.4) is 0 Å². The minimum atomic E-state index is 0.167. The minimum absolute atomic E-state index is 0.167. The molecule has 0 radical (unpaired) electrons. The number of alkyl halides is 2. The minimum Gasteiger partial charge on any atom is -0.300 e. The number of halogens is 2. The molecule has 0 rings (SSSR count). The van der Waals surface area contributed by atoms with E-state index in [2.05, 4.69) is 31.9 Å². The number of unbranched alkanes of at least 4 members (excludes halogenated alkanes) is 1. The van der Waals surface area contributed by atoms with Crippen LogP contribution >= 0.6 is 76.2 Å². The van der Waals surface area contributed by atoms with Crippen LogP contribution in [0.25, 0.3) is 0 Å². The number of Topliss-reactive ketones (excluding diaryl/α,β-unsaturated/α-hetero) is 4. The summed E-state index contributed by atoms with van der Waals surface area (Å²) in [5.74, 6) is 0.807. The van der Waals surface area contributed by atoms with Gasteiger partial charge in [-0.1, -0.05) is 56.5 Å². The van der Waals surface area contributed by atoms with E-state index >= 15 is 0 Å². The highest BCUT2D eigenvalue weighted by Crippen LogP contribution is 2.28. The van der Waals surface area contributed by atoms with E-state index in [0.717, 1.165) is 19.3 Å². The Morgan fingerprint density at radius 1 is 0.613 bits per heavy atom. The third-order valence-electron chi connectivity index (χ3n) is 1.19. The fourth-order valence-electron chi connectivity index (χ4n) is 0.494. The third-order valence-corrected chi connectivity index (χ3v) is 6.06. The number of hydrogen-bond acceptors (Lipinski definition) is 9. The van der Waals surface area contributed by atoms with Gasteiger partial charge in [0.15, 0.2) is 0 Å². The molecule has 0 aromatic rings. The first-order valence-electron chi connectivity index (χ1n) is 9.04. The lowest BCUT2D eigenvalue weighted by Crippen LogP contribution is -1.86. The average Bonchev–Trinajstić information content (AvgIpc) is 2.60. The summed E-state index contributed by atoms with van der Waals surface area (Å²) in [7, 11) is 8.91. The highest BCUT2D eigenvalue weighted by molar-refractivity contribution is 9.09. The lowest BCUT2D eigenvalue weighted by molar-refractivity contribution is -0.117. The molecule has 0 amide bonds. The fraction of sp³-hybridized carbons (Fsp3) is 0.800. The molecule has 0 saturated carbocycles. The molecule has 0 spiro atoms. The molecule has 192 valence electrons. The molecule has 0 fully saturated rings. The molecule has 0 aliphatic rings. The molecule has 0 atom stereocenters. The molecular weight excluding hydrogens is 535 g/mol. The summed E-state index contributed by atoms with van der Waals surface area (Å²) in [4.78, 5) is 38.5. The Bertz CT molecular complexity index is 318. The van der Waals surface area contributed by atoms with Crippen molar-refractivity contribution in [2.24, 2.45) is 0 Å². The number of carbonyl (C=O) groups excluding carboxylic acids is 4. The van der Waals surface area contributed by atoms with Crippen LogP contribution in [-0.4, -0.2) is 53.5 Å². The summed E-state index contributed by atoms with van der Waals surface area (Å²) < 4.78 is 0. The van der Waals surface area contributed by atoms with Crippen LogP contribution in [0.15, 0.2) is 0 Å². The maximum Gasteiger partial charge on any atom is 0.129 e. The molecule has 0 aromatic heterocycles. The Balaban J connectivity index is -0.0000000441. The number of rotatable bonds is 6. The van der Waals surface area contributed by atoms with E-state index in [1.807, 2.05) is 0 Å². The van der Waals surface area contributed by atoms with Gasteiger partial charge in [0.25, 0.3) is 0 Å². The van der Waals surface area contributed by atoms with Crippen molar-refractivity contribution in [2.45, 2.75) is 74.7 Å². The second-order valence-electron chi connectivity index (χ2n) is 5.37. The first-order valence-corrected chi connectivity index (χ1v) is 17.4. The molecule has 0 aliphatic heterocycles. The summed E-state index contributed by atoms with van der Waals surface area (Å²) in [5.41, 5.74) is 0. The molecule has 31 heavy (non-hydrogen) atoms. The molecule has 0 N–H and O–H groups in total. The van der Waals surface area contributed by atoms with Gasteiger partial charge < -0.3 is 19.2 Å². The lowest BCUT2D eigenvalue weighted by atomic mass is 10.2. The van der Waals surface area contributed by atoms with Gasteiger partial charge in [-0.05, 0) is 89.7 Å². The normalized spacial score (nSPS) is 7.42. The summed E-state index contributed by atoms with van der Waals surface area (Å²) in [6, 6.07) is 0. The van der Waals surface area contributed by atoms with E-state index in [1.54, 1.807) is 59.9 Å². The fourth-order valence-corrected chi connectivity index (χ4v) is 2.26. The SMILES string of the molecule is CC(C)=O.CC(C)=O.CC(C)=O.CCCCC(C)=O.CSSC.CSSSC.ClCCl. The van der Waals surface area contributed by atoms with Gasteiger partial charge in [0.1, 0.15) is 23.1 Å². The van der Waals surface area contributed by atoms with Crippen molar-refractivity contribution in [3.05, 3.63) is 0 Å².